The molecule has 4 rings (SSSR count). The molecule has 2 aromatic heterocycles. The van der Waals surface area contributed by atoms with Gasteiger partial charge in [-0.1, -0.05) is 17.8 Å². The first kappa shape index (κ1) is 24.3. The summed E-state index contributed by atoms with van der Waals surface area (Å²) in [5.74, 6) is 1.68. The molecule has 7 nitrogen and oxygen atoms in total. The smallest absolute Gasteiger partial charge is 0.263 e. The maximum absolute atomic E-state index is 13.3. The van der Waals surface area contributed by atoms with Gasteiger partial charge in [0, 0.05) is 23.5 Å². The van der Waals surface area contributed by atoms with E-state index in [0.29, 0.717) is 23.6 Å². The molecule has 180 valence electrons. The van der Waals surface area contributed by atoms with Crippen LogP contribution in [-0.4, -0.2) is 46.9 Å². The Labute approximate surface area is 207 Å². The van der Waals surface area contributed by atoms with Crippen molar-refractivity contribution in [2.75, 3.05) is 26.5 Å². The third kappa shape index (κ3) is 4.46. The zero-order chi connectivity index (χ0) is 24.4. The summed E-state index contributed by atoms with van der Waals surface area (Å²) in [6, 6.07) is 5.60. The van der Waals surface area contributed by atoms with Crippen LogP contribution in [0.25, 0.3) is 10.2 Å². The van der Waals surface area contributed by atoms with E-state index in [4.69, 9.17) is 14.5 Å². The Bertz CT molecular complexity index is 1300. The fourth-order valence-corrected chi connectivity index (χ4v) is 6.37. The Balaban J connectivity index is 1.60. The molecule has 0 radical (unpaired) electrons. The fourth-order valence-electron chi connectivity index (χ4n) is 4.41. The van der Waals surface area contributed by atoms with Gasteiger partial charge < -0.3 is 14.4 Å². The number of nitrogens with zero attached hydrogens (tertiary/aromatic N) is 3. The number of thioether (sulfide) groups is 1. The Kier molecular flexibility index (Phi) is 7.33. The van der Waals surface area contributed by atoms with E-state index in [2.05, 4.69) is 6.58 Å². The number of aryl methyl sites for hydroxylation is 2. The third-order valence-electron chi connectivity index (χ3n) is 6.26. The van der Waals surface area contributed by atoms with Crippen LogP contribution < -0.4 is 15.0 Å². The van der Waals surface area contributed by atoms with Crippen molar-refractivity contribution in [3.05, 3.63) is 57.2 Å². The lowest BCUT2D eigenvalue weighted by molar-refractivity contribution is -0.129. The summed E-state index contributed by atoms with van der Waals surface area (Å²) in [4.78, 5) is 35.0. The average Bonchev–Trinajstić information content (AvgIpc) is 3.44. The van der Waals surface area contributed by atoms with Gasteiger partial charge in [-0.2, -0.15) is 0 Å². The Morgan fingerprint density at radius 1 is 1.32 bits per heavy atom. The highest BCUT2D eigenvalue weighted by atomic mass is 32.2. The monoisotopic (exact) mass is 499 g/mol. The van der Waals surface area contributed by atoms with Crippen molar-refractivity contribution < 1.29 is 14.3 Å². The van der Waals surface area contributed by atoms with Gasteiger partial charge in [-0.3, -0.25) is 14.2 Å². The zero-order valence-corrected chi connectivity index (χ0v) is 21.6. The number of amides is 1. The molecule has 0 N–H and O–H groups in total. The van der Waals surface area contributed by atoms with Crippen molar-refractivity contribution in [3.63, 3.8) is 0 Å². The first-order chi connectivity index (χ1) is 16.4. The maximum Gasteiger partial charge on any atom is 0.263 e. The number of fused-ring (bicyclic) bond motifs is 1. The normalized spacial score (nSPS) is 15.6. The molecule has 1 aromatic carbocycles. The maximum atomic E-state index is 13.3. The van der Waals surface area contributed by atoms with Gasteiger partial charge >= 0.3 is 0 Å². The van der Waals surface area contributed by atoms with Crippen LogP contribution in [0.2, 0.25) is 0 Å². The minimum Gasteiger partial charge on any atom is -0.497 e. The predicted molar refractivity (Wildman–Crippen MR) is 138 cm³/mol. The van der Waals surface area contributed by atoms with Gasteiger partial charge in [0.1, 0.15) is 16.3 Å². The van der Waals surface area contributed by atoms with Crippen molar-refractivity contribution in [1.82, 2.24) is 14.5 Å². The second-order valence-corrected chi connectivity index (χ2v) is 10.3. The zero-order valence-electron chi connectivity index (χ0n) is 19.9. The van der Waals surface area contributed by atoms with Crippen LogP contribution in [0.3, 0.4) is 0 Å². The van der Waals surface area contributed by atoms with Crippen LogP contribution in [0.5, 0.6) is 11.5 Å². The Hall–Kier alpha value is -2.78. The molecule has 1 aliphatic heterocycles. The first-order valence-electron chi connectivity index (χ1n) is 11.1. The number of allylic oxidation sites excluding steroid dienone is 1. The van der Waals surface area contributed by atoms with Gasteiger partial charge in [-0.05, 0) is 50.5 Å². The number of carbonyl (C=O) groups is 1. The largest absolute Gasteiger partial charge is 0.497 e. The van der Waals surface area contributed by atoms with Gasteiger partial charge in [0.25, 0.3) is 5.56 Å². The molecular formula is C25H29N3O4S2. The lowest BCUT2D eigenvalue weighted by atomic mass is 10.0. The van der Waals surface area contributed by atoms with Gasteiger partial charge in [-0.15, -0.1) is 17.9 Å². The van der Waals surface area contributed by atoms with Crippen LogP contribution >= 0.6 is 23.1 Å². The van der Waals surface area contributed by atoms with Crippen molar-refractivity contribution in [3.8, 4) is 11.5 Å². The number of aromatic nitrogens is 2. The topological polar surface area (TPSA) is 73.7 Å². The number of methoxy groups -OCH3 is 2. The van der Waals surface area contributed by atoms with E-state index in [1.54, 1.807) is 24.9 Å². The summed E-state index contributed by atoms with van der Waals surface area (Å²) < 4.78 is 12.6. The lowest BCUT2D eigenvalue weighted by Crippen LogP contribution is -2.32. The molecule has 1 atom stereocenters. The van der Waals surface area contributed by atoms with E-state index in [1.165, 1.54) is 23.1 Å². The SMILES string of the molecule is C=CCn1c(SCC(=O)N2CCCC2c2cc(OC)ccc2OC)nc2sc(C)c(C)c2c1=O. The summed E-state index contributed by atoms with van der Waals surface area (Å²) in [7, 11) is 3.26. The number of ether oxygens (including phenoxy) is 2. The summed E-state index contributed by atoms with van der Waals surface area (Å²) in [5.41, 5.74) is 1.84. The van der Waals surface area contributed by atoms with Crippen LogP contribution in [0.1, 0.15) is 34.9 Å². The molecule has 0 spiro atoms. The first-order valence-corrected chi connectivity index (χ1v) is 12.9. The minimum atomic E-state index is -0.0816. The number of carbonyl (C=O) groups excluding carboxylic acids is 1. The molecule has 0 aliphatic carbocycles. The van der Waals surface area contributed by atoms with Gasteiger partial charge in [0.15, 0.2) is 5.16 Å². The molecular weight excluding hydrogens is 470 g/mol. The van der Waals surface area contributed by atoms with E-state index in [9.17, 15) is 9.59 Å². The second kappa shape index (κ2) is 10.2. The Morgan fingerprint density at radius 3 is 2.82 bits per heavy atom. The predicted octanol–water partition coefficient (Wildman–Crippen LogP) is 4.73. The number of likely N-dealkylation sites (tertiary alicyclic amines) is 1. The molecule has 1 amide bonds. The van der Waals surface area contributed by atoms with Crippen LogP contribution in [0, 0.1) is 13.8 Å². The lowest BCUT2D eigenvalue weighted by Gasteiger charge is -2.26. The van der Waals surface area contributed by atoms with E-state index in [-0.39, 0.29) is 23.3 Å². The quantitative estimate of drug-likeness (QED) is 0.253. The number of hydrogen-bond acceptors (Lipinski definition) is 7. The number of thiophene rings is 1. The summed E-state index contributed by atoms with van der Waals surface area (Å²) >= 11 is 2.82. The molecule has 1 unspecified atom stereocenters. The molecule has 3 heterocycles. The van der Waals surface area contributed by atoms with Crippen LogP contribution in [0.15, 0.2) is 40.8 Å². The van der Waals surface area contributed by atoms with Crippen molar-refractivity contribution in [2.45, 2.75) is 44.4 Å². The minimum absolute atomic E-state index is 0.00964. The number of rotatable bonds is 8. The summed E-state index contributed by atoms with van der Waals surface area (Å²) in [6.45, 7) is 8.76. The van der Waals surface area contributed by atoms with E-state index < -0.39 is 0 Å². The van der Waals surface area contributed by atoms with Crippen molar-refractivity contribution >= 4 is 39.2 Å². The van der Waals surface area contributed by atoms with E-state index >= 15 is 0 Å². The number of benzene rings is 1. The number of hydrogen-bond donors (Lipinski definition) is 0. The average molecular weight is 500 g/mol. The summed E-state index contributed by atoms with van der Waals surface area (Å²) in [5, 5.41) is 1.20. The van der Waals surface area contributed by atoms with Crippen molar-refractivity contribution in [1.29, 1.82) is 0 Å². The molecule has 1 aliphatic rings. The van der Waals surface area contributed by atoms with Crippen LogP contribution in [-0.2, 0) is 11.3 Å². The van der Waals surface area contributed by atoms with E-state index in [0.717, 1.165) is 45.2 Å². The third-order valence-corrected chi connectivity index (χ3v) is 8.32. The standard InChI is InChI=1S/C25H29N3O4S2/c1-6-11-28-24(30)22-15(2)16(3)34-23(22)26-25(28)33-14-21(29)27-12-7-8-19(27)18-13-17(31-4)9-10-20(18)32-5/h6,9-10,13,19H,1,7-8,11-12,14H2,2-5H3. The highest BCUT2D eigenvalue weighted by Crippen LogP contribution is 2.39. The molecule has 3 aromatic rings. The Morgan fingerprint density at radius 2 is 2.12 bits per heavy atom. The molecule has 1 saturated heterocycles. The van der Waals surface area contributed by atoms with Gasteiger partial charge in [0.05, 0.1) is 31.4 Å². The molecule has 9 heteroatoms. The second-order valence-electron chi connectivity index (χ2n) is 8.20. The van der Waals surface area contributed by atoms with Gasteiger partial charge in [-0.25, -0.2) is 4.98 Å². The summed E-state index contributed by atoms with van der Waals surface area (Å²) in [6.07, 6.45) is 3.46. The fraction of sp³-hybridized carbons (Fsp3) is 0.400. The molecule has 0 saturated carbocycles. The van der Waals surface area contributed by atoms with Crippen molar-refractivity contribution in [2.24, 2.45) is 0 Å². The van der Waals surface area contributed by atoms with Crippen LogP contribution in [0.4, 0.5) is 0 Å². The molecule has 1 fully saturated rings. The van der Waals surface area contributed by atoms with Gasteiger partial charge in [0.2, 0.25) is 5.91 Å². The molecule has 0 bridgehead atoms. The molecule has 34 heavy (non-hydrogen) atoms. The highest BCUT2D eigenvalue weighted by molar-refractivity contribution is 7.99. The highest BCUT2D eigenvalue weighted by Gasteiger charge is 2.32. The van der Waals surface area contributed by atoms with E-state index in [1.807, 2.05) is 36.9 Å².